The number of hydrogen-bond donors (Lipinski definition) is 2. The molecular weight excluding hydrogens is 472 g/mol. The molecule has 1 saturated heterocycles. The summed E-state index contributed by atoms with van der Waals surface area (Å²) in [4.78, 5) is 48.7. The number of hydrogen-bond acceptors (Lipinski definition) is 8. The van der Waals surface area contributed by atoms with Gasteiger partial charge in [-0.05, 0) is 37.1 Å². The number of unbranched alkanes of at least 4 members (excludes halogenated alkanes) is 2. The molecule has 0 aromatic heterocycles. The highest BCUT2D eigenvalue weighted by molar-refractivity contribution is 6.46. The van der Waals surface area contributed by atoms with E-state index in [0.717, 1.165) is 0 Å². The molecule has 1 heterocycles. The van der Waals surface area contributed by atoms with Gasteiger partial charge >= 0.3 is 5.97 Å². The van der Waals surface area contributed by atoms with Gasteiger partial charge in [0.15, 0.2) is 0 Å². The van der Waals surface area contributed by atoms with Crippen molar-refractivity contribution in [2.45, 2.75) is 31.7 Å². The molecule has 0 bridgehead atoms. The van der Waals surface area contributed by atoms with Gasteiger partial charge in [0.05, 0.1) is 30.8 Å². The molecule has 2 aromatic carbocycles. The standard InChI is InChI=1S/C25H26N2O9/c1-35-17-11-12-18(19(14-17)36-2)22-21(23(30)15-7-9-16(10-8-15)27(33)34)24(31)25(32)26(22)13-5-3-4-6-20(28)29/h7-12,14,22,30H,3-6,13H2,1-2H3,(H,28,29)/t22-/m1/s1. The largest absolute Gasteiger partial charge is 0.507 e. The number of nitrogens with zero attached hydrogens (tertiary/aromatic N) is 2. The lowest BCUT2D eigenvalue weighted by molar-refractivity contribution is -0.384. The monoisotopic (exact) mass is 498 g/mol. The maximum atomic E-state index is 13.1. The van der Waals surface area contributed by atoms with Gasteiger partial charge < -0.3 is 24.6 Å². The molecule has 11 nitrogen and oxygen atoms in total. The first-order valence-corrected chi connectivity index (χ1v) is 11.2. The summed E-state index contributed by atoms with van der Waals surface area (Å²) in [6, 6.07) is 8.84. The molecule has 190 valence electrons. The number of Topliss-reactive ketones (excluding diaryl/α,β-unsaturated/α-hetero) is 1. The van der Waals surface area contributed by atoms with Crippen LogP contribution < -0.4 is 9.47 Å². The number of carbonyl (C=O) groups is 3. The first-order chi connectivity index (χ1) is 17.2. The van der Waals surface area contributed by atoms with Gasteiger partial charge in [-0.3, -0.25) is 24.5 Å². The Morgan fingerprint density at radius 1 is 1.03 bits per heavy atom. The number of ketones is 1. The number of ether oxygens (including phenoxy) is 2. The normalized spacial score (nSPS) is 16.7. The zero-order chi connectivity index (χ0) is 26.4. The lowest BCUT2D eigenvalue weighted by Gasteiger charge is -2.27. The van der Waals surface area contributed by atoms with E-state index in [4.69, 9.17) is 14.6 Å². The van der Waals surface area contributed by atoms with Gasteiger partial charge in [-0.2, -0.15) is 0 Å². The number of rotatable bonds is 11. The van der Waals surface area contributed by atoms with Gasteiger partial charge in [0.2, 0.25) is 0 Å². The van der Waals surface area contributed by atoms with Crippen LogP contribution in [0.2, 0.25) is 0 Å². The Kier molecular flexibility index (Phi) is 8.26. The molecule has 2 aromatic rings. The highest BCUT2D eigenvalue weighted by Crippen LogP contribution is 2.43. The number of non-ortho nitro benzene ring substituents is 1. The maximum Gasteiger partial charge on any atom is 0.303 e. The molecule has 3 rings (SSSR count). The van der Waals surface area contributed by atoms with Crippen molar-refractivity contribution < 1.29 is 39.0 Å². The maximum absolute atomic E-state index is 13.1. The lowest BCUT2D eigenvalue weighted by Crippen LogP contribution is -2.31. The van der Waals surface area contributed by atoms with Crippen LogP contribution in [0.25, 0.3) is 5.76 Å². The summed E-state index contributed by atoms with van der Waals surface area (Å²) in [5.41, 5.74) is 0.202. The molecule has 36 heavy (non-hydrogen) atoms. The minimum absolute atomic E-state index is 0.00526. The molecule has 1 amide bonds. The number of amides is 1. The highest BCUT2D eigenvalue weighted by atomic mass is 16.6. The minimum Gasteiger partial charge on any atom is -0.507 e. The van der Waals surface area contributed by atoms with Gasteiger partial charge in [-0.25, -0.2) is 0 Å². The van der Waals surface area contributed by atoms with Gasteiger partial charge in [-0.15, -0.1) is 0 Å². The number of methoxy groups -OCH3 is 2. The number of carboxylic acids is 1. The van der Waals surface area contributed by atoms with Crippen LogP contribution >= 0.6 is 0 Å². The van der Waals surface area contributed by atoms with E-state index in [-0.39, 0.29) is 29.8 Å². The molecule has 11 heteroatoms. The van der Waals surface area contributed by atoms with Crippen molar-refractivity contribution in [1.82, 2.24) is 4.90 Å². The number of aliphatic hydroxyl groups excluding tert-OH is 1. The third-order valence-corrected chi connectivity index (χ3v) is 5.92. The van der Waals surface area contributed by atoms with E-state index in [1.165, 1.54) is 43.4 Å². The molecule has 1 aliphatic heterocycles. The number of aliphatic hydroxyl groups is 1. The van der Waals surface area contributed by atoms with Gasteiger partial charge in [0, 0.05) is 42.3 Å². The van der Waals surface area contributed by atoms with Crippen LogP contribution in [-0.2, 0) is 14.4 Å². The van der Waals surface area contributed by atoms with Crippen LogP contribution in [0.5, 0.6) is 11.5 Å². The van der Waals surface area contributed by atoms with E-state index in [1.54, 1.807) is 18.2 Å². The number of likely N-dealkylation sites (tertiary alicyclic amines) is 1. The fraction of sp³-hybridized carbons (Fsp3) is 0.320. The van der Waals surface area contributed by atoms with Crippen molar-refractivity contribution in [2.24, 2.45) is 0 Å². The third-order valence-electron chi connectivity index (χ3n) is 5.92. The van der Waals surface area contributed by atoms with E-state index >= 15 is 0 Å². The first-order valence-electron chi connectivity index (χ1n) is 11.2. The van der Waals surface area contributed by atoms with Crippen molar-refractivity contribution in [1.29, 1.82) is 0 Å². The molecule has 2 N–H and O–H groups in total. The van der Waals surface area contributed by atoms with Gasteiger partial charge in [0.1, 0.15) is 17.3 Å². The molecule has 0 aliphatic carbocycles. The number of nitro benzene ring substituents is 1. The van der Waals surface area contributed by atoms with Crippen molar-refractivity contribution in [3.63, 3.8) is 0 Å². The fourth-order valence-corrected chi connectivity index (χ4v) is 4.11. The van der Waals surface area contributed by atoms with Crippen molar-refractivity contribution in [2.75, 3.05) is 20.8 Å². The Morgan fingerprint density at radius 2 is 1.72 bits per heavy atom. The van der Waals surface area contributed by atoms with E-state index < -0.39 is 34.4 Å². The minimum atomic E-state index is -1.000. The Balaban J connectivity index is 2.07. The molecule has 0 spiro atoms. The second-order valence-corrected chi connectivity index (χ2v) is 8.11. The SMILES string of the molecule is COc1ccc([C@@H]2C(=C(O)c3ccc([N+](=O)[O-])cc3)C(=O)C(=O)N2CCCCCC(=O)O)c(OC)c1. The average Bonchev–Trinajstić information content (AvgIpc) is 3.12. The second kappa shape index (κ2) is 11.3. The van der Waals surface area contributed by atoms with Crippen LogP contribution in [0.15, 0.2) is 48.0 Å². The second-order valence-electron chi connectivity index (χ2n) is 8.11. The zero-order valence-electron chi connectivity index (χ0n) is 19.8. The zero-order valence-corrected chi connectivity index (χ0v) is 19.8. The summed E-state index contributed by atoms with van der Waals surface area (Å²) in [5.74, 6) is -2.30. The Hall–Kier alpha value is -4.41. The van der Waals surface area contributed by atoms with Crippen LogP contribution in [0.4, 0.5) is 5.69 Å². The molecular formula is C25H26N2O9. The lowest BCUT2D eigenvalue weighted by atomic mass is 9.94. The third kappa shape index (κ3) is 5.45. The molecule has 0 unspecified atom stereocenters. The van der Waals surface area contributed by atoms with E-state index in [1.807, 2.05) is 0 Å². The molecule has 1 fully saturated rings. The Morgan fingerprint density at radius 3 is 2.31 bits per heavy atom. The number of carbonyl (C=O) groups excluding carboxylic acids is 2. The molecule has 1 aliphatic rings. The predicted octanol–water partition coefficient (Wildman–Crippen LogP) is 3.68. The topological polar surface area (TPSA) is 157 Å². The number of carboxylic acid groups (broad SMARTS) is 1. The summed E-state index contributed by atoms with van der Waals surface area (Å²) in [6.45, 7) is 0.140. The first kappa shape index (κ1) is 26.2. The summed E-state index contributed by atoms with van der Waals surface area (Å²) in [7, 11) is 2.90. The smallest absolute Gasteiger partial charge is 0.303 e. The van der Waals surface area contributed by atoms with Gasteiger partial charge in [0.25, 0.3) is 17.4 Å². The number of benzene rings is 2. The Bertz CT molecular complexity index is 1200. The summed E-state index contributed by atoms with van der Waals surface area (Å²) in [6.07, 6.45) is 1.37. The quantitative estimate of drug-likeness (QED) is 0.118. The van der Waals surface area contributed by atoms with Crippen LogP contribution in [0, 0.1) is 10.1 Å². The Labute approximate surface area is 206 Å². The van der Waals surface area contributed by atoms with Crippen LogP contribution in [-0.4, -0.2) is 58.5 Å². The van der Waals surface area contributed by atoms with E-state index in [2.05, 4.69) is 0 Å². The predicted molar refractivity (Wildman–Crippen MR) is 128 cm³/mol. The van der Waals surface area contributed by atoms with Crippen LogP contribution in [0.3, 0.4) is 0 Å². The van der Waals surface area contributed by atoms with Crippen molar-refractivity contribution in [3.05, 3.63) is 69.3 Å². The van der Waals surface area contributed by atoms with E-state index in [0.29, 0.717) is 36.3 Å². The van der Waals surface area contributed by atoms with Crippen molar-refractivity contribution >= 4 is 29.1 Å². The molecule has 0 saturated carbocycles. The van der Waals surface area contributed by atoms with Crippen molar-refractivity contribution in [3.8, 4) is 11.5 Å². The summed E-state index contributed by atoms with van der Waals surface area (Å²) < 4.78 is 10.7. The number of aliphatic carboxylic acids is 1. The van der Waals surface area contributed by atoms with E-state index in [9.17, 15) is 29.6 Å². The fourth-order valence-electron chi connectivity index (χ4n) is 4.11. The molecule has 1 atom stereocenters. The van der Waals surface area contributed by atoms with Crippen LogP contribution in [0.1, 0.15) is 42.9 Å². The highest BCUT2D eigenvalue weighted by Gasteiger charge is 2.46. The number of nitro groups is 1. The summed E-state index contributed by atoms with van der Waals surface area (Å²) >= 11 is 0. The summed E-state index contributed by atoms with van der Waals surface area (Å²) in [5, 5.41) is 30.9. The average molecular weight is 498 g/mol. The van der Waals surface area contributed by atoms with Gasteiger partial charge in [-0.1, -0.05) is 6.42 Å². The molecule has 0 radical (unpaired) electrons.